The highest BCUT2D eigenvalue weighted by Crippen LogP contribution is 2.32. The molecule has 0 N–H and O–H groups in total. The van der Waals surface area contributed by atoms with E-state index in [4.69, 9.17) is 0 Å². The molecule has 1 saturated heterocycles. The van der Waals surface area contributed by atoms with E-state index in [1.54, 1.807) is 6.07 Å². The minimum atomic E-state index is -4.40. The Bertz CT molecular complexity index is 766. The van der Waals surface area contributed by atoms with Crippen molar-refractivity contribution < 1.29 is 18.0 Å². The summed E-state index contributed by atoms with van der Waals surface area (Å²) in [6.07, 6.45) is 1.46. The second-order valence-electron chi connectivity index (χ2n) is 6.87. The van der Waals surface area contributed by atoms with E-state index in [0.717, 1.165) is 43.5 Å². The third-order valence-electron chi connectivity index (χ3n) is 5.01. The minimum Gasteiger partial charge on any atom is -0.353 e. The van der Waals surface area contributed by atoms with Crippen molar-refractivity contribution in [2.45, 2.75) is 44.3 Å². The Labute approximate surface area is 151 Å². The molecule has 2 aromatic rings. The molecular formula is C20H23F3N2O. The quantitative estimate of drug-likeness (QED) is 0.773. The fraction of sp³-hybridized carbons (Fsp3) is 0.450. The van der Waals surface area contributed by atoms with Crippen LogP contribution in [0.15, 0.2) is 42.6 Å². The van der Waals surface area contributed by atoms with Crippen LogP contribution in [-0.4, -0.2) is 21.9 Å². The summed E-state index contributed by atoms with van der Waals surface area (Å²) in [6, 6.07) is 9.01. The van der Waals surface area contributed by atoms with Gasteiger partial charge < -0.3 is 9.47 Å². The van der Waals surface area contributed by atoms with Gasteiger partial charge in [-0.15, -0.1) is 0 Å². The molecule has 1 aromatic heterocycles. The summed E-state index contributed by atoms with van der Waals surface area (Å²) in [5.41, 5.74) is 0.765. The van der Waals surface area contributed by atoms with E-state index < -0.39 is 11.7 Å². The Hall–Kier alpha value is -2.24. The Balaban J connectivity index is 1.81. The van der Waals surface area contributed by atoms with Crippen molar-refractivity contribution in [2.75, 3.05) is 6.54 Å². The summed E-state index contributed by atoms with van der Waals surface area (Å²) in [7, 11) is 1.95. The number of rotatable bonds is 3. The number of alkyl halides is 3. The number of halogens is 3. The summed E-state index contributed by atoms with van der Waals surface area (Å²) >= 11 is 0. The van der Waals surface area contributed by atoms with Crippen molar-refractivity contribution in [3.05, 3.63) is 59.4 Å². The Morgan fingerprint density at radius 2 is 1.96 bits per heavy atom. The van der Waals surface area contributed by atoms with E-state index in [2.05, 4.69) is 0 Å². The number of hydrogen-bond acceptors (Lipinski definition) is 1. The number of carbonyl (C=O) groups excluding carboxylic acids is 1. The molecule has 1 atom stereocenters. The van der Waals surface area contributed by atoms with E-state index in [9.17, 15) is 18.0 Å². The third-order valence-corrected chi connectivity index (χ3v) is 5.01. The first-order valence-electron chi connectivity index (χ1n) is 8.93. The monoisotopic (exact) mass is 364 g/mol. The van der Waals surface area contributed by atoms with Crippen LogP contribution in [0.3, 0.4) is 0 Å². The molecule has 3 nitrogen and oxygen atoms in total. The van der Waals surface area contributed by atoms with Gasteiger partial charge in [0.1, 0.15) is 0 Å². The van der Waals surface area contributed by atoms with Gasteiger partial charge in [-0.3, -0.25) is 4.79 Å². The second kappa shape index (κ2) is 7.56. The Kier molecular flexibility index (Phi) is 5.39. The number of hydrogen-bond donors (Lipinski definition) is 0. The number of aryl methyl sites for hydroxylation is 1. The topological polar surface area (TPSA) is 25.2 Å². The molecule has 1 aliphatic rings. The Morgan fingerprint density at radius 1 is 1.15 bits per heavy atom. The number of benzene rings is 1. The van der Waals surface area contributed by atoms with Gasteiger partial charge in [0, 0.05) is 25.5 Å². The zero-order chi connectivity index (χ0) is 18.7. The normalized spacial score (nSPS) is 18.6. The maximum Gasteiger partial charge on any atom is 0.416 e. The molecular weight excluding hydrogens is 341 g/mol. The molecule has 0 aliphatic carbocycles. The molecule has 0 radical (unpaired) electrons. The summed E-state index contributed by atoms with van der Waals surface area (Å²) in [5.74, 6) is -0.113. The average Bonchev–Trinajstić information content (AvgIpc) is 2.87. The molecule has 26 heavy (non-hydrogen) atoms. The first kappa shape index (κ1) is 18.5. The number of aromatic nitrogens is 1. The van der Waals surface area contributed by atoms with Crippen molar-refractivity contribution >= 4 is 5.91 Å². The lowest BCUT2D eigenvalue weighted by atomic mass is 10.0. The van der Waals surface area contributed by atoms with Crippen LogP contribution in [0.4, 0.5) is 13.2 Å². The van der Waals surface area contributed by atoms with Crippen LogP contribution in [0.1, 0.15) is 48.5 Å². The largest absolute Gasteiger partial charge is 0.416 e. The van der Waals surface area contributed by atoms with Gasteiger partial charge in [-0.25, -0.2) is 0 Å². The summed E-state index contributed by atoms with van der Waals surface area (Å²) < 4.78 is 40.7. The maximum atomic E-state index is 12.9. The van der Waals surface area contributed by atoms with E-state index >= 15 is 0 Å². The van der Waals surface area contributed by atoms with Crippen LogP contribution in [-0.2, 0) is 24.4 Å². The van der Waals surface area contributed by atoms with Crippen LogP contribution in [0, 0.1) is 0 Å². The Morgan fingerprint density at radius 3 is 2.65 bits per heavy atom. The van der Waals surface area contributed by atoms with Crippen LogP contribution < -0.4 is 0 Å². The lowest BCUT2D eigenvalue weighted by molar-refractivity contribution is -0.138. The lowest BCUT2D eigenvalue weighted by Gasteiger charge is -2.31. The lowest BCUT2D eigenvalue weighted by Crippen LogP contribution is -2.36. The van der Waals surface area contributed by atoms with Crippen LogP contribution in [0.5, 0.6) is 0 Å². The van der Waals surface area contributed by atoms with Crippen molar-refractivity contribution in [2.24, 2.45) is 7.05 Å². The molecule has 2 heterocycles. The molecule has 0 unspecified atom stereocenters. The molecule has 1 fully saturated rings. The summed E-state index contributed by atoms with van der Waals surface area (Å²) in [4.78, 5) is 14.8. The third kappa shape index (κ3) is 4.11. The van der Waals surface area contributed by atoms with E-state index in [0.29, 0.717) is 12.1 Å². The molecule has 0 saturated carbocycles. The number of amides is 1. The van der Waals surface area contributed by atoms with Crippen molar-refractivity contribution in [3.8, 4) is 0 Å². The van der Waals surface area contributed by atoms with Gasteiger partial charge in [-0.05, 0) is 36.6 Å². The van der Waals surface area contributed by atoms with E-state index in [1.807, 2.05) is 34.8 Å². The van der Waals surface area contributed by atoms with Crippen molar-refractivity contribution in [1.29, 1.82) is 0 Å². The zero-order valence-electron chi connectivity index (χ0n) is 14.8. The molecule has 6 heteroatoms. The number of nitrogens with zero attached hydrogens (tertiary/aromatic N) is 2. The second-order valence-corrected chi connectivity index (χ2v) is 6.87. The fourth-order valence-corrected chi connectivity index (χ4v) is 3.67. The molecule has 0 bridgehead atoms. The van der Waals surface area contributed by atoms with Crippen LogP contribution >= 0.6 is 0 Å². The predicted octanol–water partition coefficient (Wildman–Crippen LogP) is 4.73. The highest BCUT2D eigenvalue weighted by Gasteiger charge is 2.31. The van der Waals surface area contributed by atoms with E-state index in [-0.39, 0.29) is 18.4 Å². The minimum absolute atomic E-state index is 0.00908. The smallest absolute Gasteiger partial charge is 0.353 e. The van der Waals surface area contributed by atoms with Crippen LogP contribution in [0.2, 0.25) is 0 Å². The van der Waals surface area contributed by atoms with Crippen molar-refractivity contribution in [1.82, 2.24) is 9.47 Å². The fourth-order valence-electron chi connectivity index (χ4n) is 3.67. The van der Waals surface area contributed by atoms with Gasteiger partial charge >= 0.3 is 6.18 Å². The SMILES string of the molecule is Cn1cccc1[C@H]1CCCCCN1C(=O)Cc1cccc(C(F)(F)F)c1. The van der Waals surface area contributed by atoms with Gasteiger partial charge in [0.25, 0.3) is 0 Å². The standard InChI is InChI=1S/C20H23F3N2O/c1-24-11-6-10-17(24)18-9-3-2-4-12-25(18)19(26)14-15-7-5-8-16(13-15)20(21,22)23/h5-8,10-11,13,18H,2-4,9,12,14H2,1H3/t18-/m1/s1. The summed E-state index contributed by atoms with van der Waals surface area (Å²) in [6.45, 7) is 0.646. The van der Waals surface area contributed by atoms with Crippen LogP contribution in [0.25, 0.3) is 0 Å². The van der Waals surface area contributed by atoms with Crippen molar-refractivity contribution in [3.63, 3.8) is 0 Å². The molecule has 1 aromatic carbocycles. The highest BCUT2D eigenvalue weighted by molar-refractivity contribution is 5.79. The summed E-state index contributed by atoms with van der Waals surface area (Å²) in [5, 5.41) is 0. The first-order valence-corrected chi connectivity index (χ1v) is 8.93. The predicted molar refractivity (Wildman–Crippen MR) is 93.5 cm³/mol. The number of carbonyl (C=O) groups is 1. The molecule has 0 spiro atoms. The van der Waals surface area contributed by atoms with Gasteiger partial charge in [-0.2, -0.15) is 13.2 Å². The van der Waals surface area contributed by atoms with Gasteiger partial charge in [0.05, 0.1) is 18.0 Å². The number of likely N-dealkylation sites (tertiary alicyclic amines) is 1. The average molecular weight is 364 g/mol. The van der Waals surface area contributed by atoms with Gasteiger partial charge in [0.2, 0.25) is 5.91 Å². The highest BCUT2D eigenvalue weighted by atomic mass is 19.4. The molecule has 3 rings (SSSR count). The maximum absolute atomic E-state index is 12.9. The van der Waals surface area contributed by atoms with E-state index in [1.165, 1.54) is 6.07 Å². The van der Waals surface area contributed by atoms with Gasteiger partial charge in [0.15, 0.2) is 0 Å². The molecule has 1 aliphatic heterocycles. The zero-order valence-corrected chi connectivity index (χ0v) is 14.8. The first-order chi connectivity index (χ1) is 12.4. The molecule has 140 valence electrons. The molecule has 1 amide bonds. The van der Waals surface area contributed by atoms with Gasteiger partial charge in [-0.1, -0.05) is 31.0 Å².